The number of rotatable bonds is 6. The maximum atomic E-state index is 13.1. The number of amides is 3. The number of hydrogen-bond donors (Lipinski definition) is 4. The van der Waals surface area contributed by atoms with Crippen molar-refractivity contribution in [2.24, 2.45) is 5.73 Å². The molecule has 1 saturated heterocycles. The number of nitrogen functional groups attached to an aromatic ring is 1. The lowest BCUT2D eigenvalue weighted by molar-refractivity contribution is -0.150. The zero-order valence-corrected chi connectivity index (χ0v) is 18.7. The lowest BCUT2D eigenvalue weighted by Crippen LogP contribution is -2.55. The number of amidine groups is 1. The Bertz CT molecular complexity index is 1080. The molecule has 0 bridgehead atoms. The molecule has 1 aliphatic heterocycles. The van der Waals surface area contributed by atoms with Crippen molar-refractivity contribution in [3.05, 3.63) is 59.2 Å². The molecular weight excluding hydrogens is 426 g/mol. The van der Waals surface area contributed by atoms with Crippen LogP contribution < -0.4 is 16.0 Å². The van der Waals surface area contributed by atoms with Crippen LogP contribution in [0.1, 0.15) is 21.5 Å². The van der Waals surface area contributed by atoms with Gasteiger partial charge in [-0.25, -0.2) is 0 Å². The maximum Gasteiger partial charge on any atom is 0.259 e. The third kappa shape index (κ3) is 5.02. The summed E-state index contributed by atoms with van der Waals surface area (Å²) < 4.78 is 5.45. The summed E-state index contributed by atoms with van der Waals surface area (Å²) in [6.45, 7) is 2.08. The van der Waals surface area contributed by atoms with Crippen molar-refractivity contribution in [2.45, 2.75) is 19.1 Å². The lowest BCUT2D eigenvalue weighted by atomic mass is 10.0. The predicted molar refractivity (Wildman–Crippen MR) is 123 cm³/mol. The third-order valence-electron chi connectivity index (χ3n) is 5.37. The highest BCUT2D eigenvalue weighted by atomic mass is 16.5. The Morgan fingerprint density at radius 1 is 1.24 bits per heavy atom. The van der Waals surface area contributed by atoms with Gasteiger partial charge in [-0.3, -0.25) is 19.8 Å². The van der Waals surface area contributed by atoms with Gasteiger partial charge in [0.25, 0.3) is 17.7 Å². The summed E-state index contributed by atoms with van der Waals surface area (Å²) >= 11 is 0. The van der Waals surface area contributed by atoms with Crippen LogP contribution in [0.15, 0.2) is 42.5 Å². The van der Waals surface area contributed by atoms with Gasteiger partial charge in [-0.05, 0) is 48.9 Å². The van der Waals surface area contributed by atoms with Crippen LogP contribution in [0, 0.1) is 12.3 Å². The van der Waals surface area contributed by atoms with Gasteiger partial charge < -0.3 is 30.7 Å². The number of aliphatic hydroxyl groups excluding tert-OH is 1. The van der Waals surface area contributed by atoms with Crippen LogP contribution in [-0.4, -0.2) is 73.0 Å². The molecule has 0 aliphatic carbocycles. The molecule has 0 spiro atoms. The first-order chi connectivity index (χ1) is 15.6. The Balaban J connectivity index is 1.77. The number of morpholine rings is 1. The Kier molecular flexibility index (Phi) is 7.10. The summed E-state index contributed by atoms with van der Waals surface area (Å²) in [5.41, 5.74) is 7.87. The van der Waals surface area contributed by atoms with Crippen LogP contribution >= 0.6 is 0 Å². The van der Waals surface area contributed by atoms with Crippen molar-refractivity contribution < 1.29 is 24.2 Å². The van der Waals surface area contributed by atoms with E-state index in [4.69, 9.17) is 15.9 Å². The smallest absolute Gasteiger partial charge is 0.259 e. The van der Waals surface area contributed by atoms with E-state index in [2.05, 4.69) is 5.32 Å². The molecule has 33 heavy (non-hydrogen) atoms. The monoisotopic (exact) mass is 453 g/mol. The van der Waals surface area contributed by atoms with Gasteiger partial charge in [-0.15, -0.1) is 0 Å². The number of hydrogen-bond acceptors (Lipinski definition) is 6. The van der Waals surface area contributed by atoms with Gasteiger partial charge >= 0.3 is 0 Å². The van der Waals surface area contributed by atoms with Crippen molar-refractivity contribution in [1.29, 1.82) is 5.41 Å². The number of nitrogens with zero attached hydrogens (tertiary/aromatic N) is 2. The minimum atomic E-state index is -1.75. The molecule has 0 radical (unpaired) electrons. The summed E-state index contributed by atoms with van der Waals surface area (Å²) in [5, 5.41) is 20.5. The second-order valence-electron chi connectivity index (χ2n) is 7.86. The van der Waals surface area contributed by atoms with Gasteiger partial charge in [0.15, 0.2) is 12.2 Å². The summed E-state index contributed by atoms with van der Waals surface area (Å²) in [4.78, 5) is 41.1. The number of anilines is 2. The zero-order chi connectivity index (χ0) is 24.3. The molecule has 2 atom stereocenters. The zero-order valence-electron chi connectivity index (χ0n) is 18.7. The van der Waals surface area contributed by atoms with Gasteiger partial charge in [0.05, 0.1) is 6.61 Å². The second-order valence-corrected chi connectivity index (χ2v) is 7.86. The highest BCUT2D eigenvalue weighted by molar-refractivity contribution is 6.05. The average molecular weight is 453 g/mol. The molecule has 1 heterocycles. The van der Waals surface area contributed by atoms with E-state index in [1.54, 1.807) is 51.4 Å². The fourth-order valence-corrected chi connectivity index (χ4v) is 3.55. The maximum absolute atomic E-state index is 13.1. The molecule has 3 rings (SSSR count). The van der Waals surface area contributed by atoms with Crippen molar-refractivity contribution in [2.75, 3.05) is 37.5 Å². The van der Waals surface area contributed by atoms with Gasteiger partial charge in [0.1, 0.15) is 5.84 Å². The first kappa shape index (κ1) is 23.9. The molecular formula is C23H27N5O5. The van der Waals surface area contributed by atoms with E-state index >= 15 is 0 Å². The van der Waals surface area contributed by atoms with Gasteiger partial charge in [-0.1, -0.05) is 6.07 Å². The summed E-state index contributed by atoms with van der Waals surface area (Å²) in [7, 11) is 3.29. The van der Waals surface area contributed by atoms with Gasteiger partial charge in [-0.2, -0.15) is 0 Å². The molecule has 2 aromatic rings. The molecule has 2 aromatic carbocycles. The fourth-order valence-electron chi connectivity index (χ4n) is 3.55. The normalized spacial score (nSPS) is 16.8. The molecule has 10 heteroatoms. The fraction of sp³-hybridized carbons (Fsp3) is 0.304. The van der Waals surface area contributed by atoms with Gasteiger partial charge in [0.2, 0.25) is 0 Å². The topological polar surface area (TPSA) is 149 Å². The number of nitrogens with two attached hydrogens (primary N) is 1. The Hall–Kier alpha value is -3.76. The van der Waals surface area contributed by atoms with Crippen LogP contribution in [0.4, 0.5) is 11.4 Å². The summed E-state index contributed by atoms with van der Waals surface area (Å²) in [6.07, 6.45) is -3.15. The number of ether oxygens (including phenoxy) is 1. The number of aliphatic hydroxyl groups is 1. The van der Waals surface area contributed by atoms with E-state index in [0.29, 0.717) is 28.1 Å². The van der Waals surface area contributed by atoms with E-state index in [0.717, 1.165) is 0 Å². The number of nitrogens with one attached hydrogen (secondary N) is 2. The van der Waals surface area contributed by atoms with Crippen LogP contribution in [0.5, 0.6) is 0 Å². The van der Waals surface area contributed by atoms with E-state index in [1.807, 2.05) is 0 Å². The first-order valence-electron chi connectivity index (χ1n) is 10.3. The molecule has 0 saturated carbocycles. The molecule has 174 valence electrons. The molecule has 1 aliphatic rings. The van der Waals surface area contributed by atoms with Crippen molar-refractivity contribution in [1.82, 2.24) is 4.90 Å². The molecule has 10 nitrogen and oxygen atoms in total. The second kappa shape index (κ2) is 9.80. The van der Waals surface area contributed by atoms with Crippen LogP contribution in [0.3, 0.4) is 0 Å². The molecule has 5 N–H and O–H groups in total. The Morgan fingerprint density at radius 2 is 1.91 bits per heavy atom. The number of carbonyl (C=O) groups excluding carboxylic acids is 3. The quantitative estimate of drug-likeness (QED) is 0.374. The molecule has 1 fully saturated rings. The SMILES string of the molecule is Cc1c(C(=O)N(C)C)cccc1N1CCO[C@H]([C@@H](O)C(=O)Nc2ccc(C(=N)N)cc2)C1=O. The molecule has 3 amide bonds. The van der Waals surface area contributed by atoms with E-state index in [1.165, 1.54) is 21.9 Å². The lowest BCUT2D eigenvalue weighted by Gasteiger charge is -2.35. The number of benzene rings is 2. The van der Waals surface area contributed by atoms with Crippen LogP contribution in [0.2, 0.25) is 0 Å². The van der Waals surface area contributed by atoms with Crippen molar-refractivity contribution >= 4 is 34.9 Å². The van der Waals surface area contributed by atoms with Crippen LogP contribution in [-0.2, 0) is 14.3 Å². The van der Waals surface area contributed by atoms with E-state index in [9.17, 15) is 19.5 Å². The minimum absolute atomic E-state index is 0.110. The average Bonchev–Trinajstić information content (AvgIpc) is 2.79. The minimum Gasteiger partial charge on any atom is -0.384 e. The van der Waals surface area contributed by atoms with Gasteiger partial charge in [0, 0.05) is 43.1 Å². The Morgan fingerprint density at radius 3 is 2.52 bits per heavy atom. The van der Waals surface area contributed by atoms with Crippen LogP contribution in [0.25, 0.3) is 0 Å². The number of carbonyl (C=O) groups is 3. The largest absolute Gasteiger partial charge is 0.384 e. The highest BCUT2D eigenvalue weighted by Crippen LogP contribution is 2.27. The van der Waals surface area contributed by atoms with E-state index < -0.39 is 24.0 Å². The third-order valence-corrected chi connectivity index (χ3v) is 5.37. The van der Waals surface area contributed by atoms with E-state index in [-0.39, 0.29) is 24.9 Å². The first-order valence-corrected chi connectivity index (χ1v) is 10.3. The highest BCUT2D eigenvalue weighted by Gasteiger charge is 2.40. The molecule has 0 unspecified atom stereocenters. The van der Waals surface area contributed by atoms with Crippen molar-refractivity contribution in [3.8, 4) is 0 Å². The summed E-state index contributed by atoms with van der Waals surface area (Å²) in [6, 6.07) is 11.3. The predicted octanol–water partition coefficient (Wildman–Crippen LogP) is 0.712. The Labute approximate surface area is 191 Å². The molecule has 0 aromatic heterocycles. The standard InChI is InChI=1S/C23H27N5O5/c1-13-16(22(31)27(2)3)5-4-6-17(13)28-11-12-33-19(23(28)32)18(29)21(30)26-15-9-7-14(8-10-15)20(24)25/h4-10,18-19,29H,11-12H2,1-3H3,(H3,24,25)(H,26,30)/t18-,19-/m1/s1. The van der Waals surface area contributed by atoms with Crippen molar-refractivity contribution in [3.63, 3.8) is 0 Å². The summed E-state index contributed by atoms with van der Waals surface area (Å²) in [5.74, 6) is -1.69.